The van der Waals surface area contributed by atoms with Crippen molar-refractivity contribution in [2.24, 2.45) is 11.3 Å². The van der Waals surface area contributed by atoms with Crippen LogP contribution >= 0.6 is 0 Å². The van der Waals surface area contributed by atoms with Crippen LogP contribution in [0.2, 0.25) is 0 Å². The molecule has 1 N–H and O–H groups in total. The summed E-state index contributed by atoms with van der Waals surface area (Å²) in [6.07, 6.45) is 3.17. The lowest BCUT2D eigenvalue weighted by Crippen LogP contribution is -2.66. The van der Waals surface area contributed by atoms with E-state index >= 15 is 0 Å². The number of rotatable bonds is 10. The molecule has 2 heterocycles. The standard InChI is InChI=1S/C21H27NO7/c1-6-9-21(5)14(12-23)16(19(25)27-10-7-2)22-17(21)15(18(22)24)13(4)29-20(26)28-11-8-3/h6-8,13,15,17,23H,1-3,9-12H2,4-5H3/t13-,15-,17-,21+/m1/s1. The molecule has 0 aliphatic carbocycles. The van der Waals surface area contributed by atoms with Crippen LogP contribution in [0.15, 0.2) is 49.2 Å². The van der Waals surface area contributed by atoms with Gasteiger partial charge in [-0.3, -0.25) is 4.79 Å². The topological polar surface area (TPSA) is 102 Å². The highest BCUT2D eigenvalue weighted by Gasteiger charge is 2.66. The van der Waals surface area contributed by atoms with Crippen LogP contribution in [-0.4, -0.2) is 60.0 Å². The van der Waals surface area contributed by atoms with Gasteiger partial charge < -0.3 is 24.2 Å². The second-order valence-electron chi connectivity index (χ2n) is 7.13. The van der Waals surface area contributed by atoms with Gasteiger partial charge in [0.05, 0.1) is 18.6 Å². The highest BCUT2D eigenvalue weighted by atomic mass is 16.7. The molecule has 29 heavy (non-hydrogen) atoms. The predicted octanol–water partition coefficient (Wildman–Crippen LogP) is 2.11. The molecule has 8 heteroatoms. The highest BCUT2D eigenvalue weighted by molar-refractivity contribution is 6.01. The average molecular weight is 405 g/mol. The van der Waals surface area contributed by atoms with Crippen molar-refractivity contribution in [1.29, 1.82) is 0 Å². The zero-order valence-corrected chi connectivity index (χ0v) is 16.8. The predicted molar refractivity (Wildman–Crippen MR) is 104 cm³/mol. The van der Waals surface area contributed by atoms with Gasteiger partial charge in [-0.15, -0.1) is 6.58 Å². The van der Waals surface area contributed by atoms with Crippen LogP contribution in [0.4, 0.5) is 4.79 Å². The van der Waals surface area contributed by atoms with Crippen molar-refractivity contribution in [3.05, 3.63) is 49.2 Å². The highest BCUT2D eigenvalue weighted by Crippen LogP contribution is 2.56. The molecule has 0 aromatic rings. The molecule has 0 bridgehead atoms. The van der Waals surface area contributed by atoms with Gasteiger partial charge in [0, 0.05) is 5.41 Å². The number of nitrogens with zero attached hydrogens (tertiary/aromatic N) is 1. The third-order valence-corrected chi connectivity index (χ3v) is 5.37. The Morgan fingerprint density at radius 1 is 1.21 bits per heavy atom. The number of esters is 1. The average Bonchev–Trinajstić information content (AvgIpc) is 2.89. The Morgan fingerprint density at radius 2 is 1.83 bits per heavy atom. The maximum absolute atomic E-state index is 12.9. The largest absolute Gasteiger partial charge is 0.508 e. The number of hydrogen-bond donors (Lipinski definition) is 1. The Hall–Kier alpha value is -2.87. The summed E-state index contributed by atoms with van der Waals surface area (Å²) in [6, 6.07) is -0.497. The second-order valence-corrected chi connectivity index (χ2v) is 7.13. The van der Waals surface area contributed by atoms with Crippen molar-refractivity contribution in [2.75, 3.05) is 19.8 Å². The van der Waals surface area contributed by atoms with Crippen molar-refractivity contribution in [3.63, 3.8) is 0 Å². The van der Waals surface area contributed by atoms with Crippen molar-refractivity contribution in [3.8, 4) is 0 Å². The molecular formula is C21H27NO7. The van der Waals surface area contributed by atoms with E-state index in [4.69, 9.17) is 14.2 Å². The van der Waals surface area contributed by atoms with Crippen LogP contribution in [-0.2, 0) is 23.8 Å². The molecule has 0 saturated carbocycles. The summed E-state index contributed by atoms with van der Waals surface area (Å²) in [4.78, 5) is 38.7. The Labute approximate surface area is 170 Å². The number of fused-ring (bicyclic) bond motifs is 1. The number of ether oxygens (including phenoxy) is 3. The van der Waals surface area contributed by atoms with Gasteiger partial charge in [0.2, 0.25) is 5.91 Å². The Morgan fingerprint density at radius 3 is 2.38 bits per heavy atom. The molecule has 2 aliphatic rings. The lowest BCUT2D eigenvalue weighted by molar-refractivity contribution is -0.168. The number of aliphatic hydroxyl groups is 1. The fraction of sp³-hybridized carbons (Fsp3) is 0.476. The van der Waals surface area contributed by atoms with E-state index in [0.717, 1.165) is 0 Å². The number of aliphatic hydroxyl groups excluding tert-OH is 1. The zero-order chi connectivity index (χ0) is 21.8. The summed E-state index contributed by atoms with van der Waals surface area (Å²) >= 11 is 0. The van der Waals surface area contributed by atoms with E-state index in [2.05, 4.69) is 19.7 Å². The lowest BCUT2D eigenvalue weighted by Gasteiger charge is -2.51. The summed E-state index contributed by atoms with van der Waals surface area (Å²) in [5.41, 5.74) is -0.333. The van der Waals surface area contributed by atoms with E-state index in [1.807, 2.05) is 6.92 Å². The molecule has 0 spiro atoms. The maximum Gasteiger partial charge on any atom is 0.508 e. The third-order valence-electron chi connectivity index (χ3n) is 5.37. The molecule has 0 aromatic heterocycles. The van der Waals surface area contributed by atoms with Gasteiger partial charge in [-0.2, -0.15) is 0 Å². The summed E-state index contributed by atoms with van der Waals surface area (Å²) in [7, 11) is 0. The smallest absolute Gasteiger partial charge is 0.457 e. The van der Waals surface area contributed by atoms with Gasteiger partial charge in [-0.25, -0.2) is 9.59 Å². The minimum atomic E-state index is -0.909. The Balaban J connectivity index is 2.34. The number of carbonyl (C=O) groups is 3. The molecule has 8 nitrogen and oxygen atoms in total. The van der Waals surface area contributed by atoms with Crippen molar-refractivity contribution in [1.82, 2.24) is 4.90 Å². The molecule has 2 rings (SSSR count). The first-order chi connectivity index (χ1) is 13.8. The number of hydrogen-bond acceptors (Lipinski definition) is 7. The lowest BCUT2D eigenvalue weighted by atomic mass is 9.66. The minimum Gasteiger partial charge on any atom is -0.457 e. The molecule has 4 atom stereocenters. The quantitative estimate of drug-likeness (QED) is 0.337. The first kappa shape index (κ1) is 22.4. The molecular weight excluding hydrogens is 378 g/mol. The fourth-order valence-electron chi connectivity index (χ4n) is 4.10. The maximum atomic E-state index is 12.9. The number of β-lactam (4-membered cyclic amide) rings is 1. The summed E-state index contributed by atoms with van der Waals surface area (Å²) in [6.45, 7) is 13.7. The van der Waals surface area contributed by atoms with Crippen molar-refractivity contribution in [2.45, 2.75) is 32.4 Å². The van der Waals surface area contributed by atoms with E-state index in [-0.39, 0.29) is 24.8 Å². The summed E-state index contributed by atoms with van der Waals surface area (Å²) in [5.74, 6) is -1.80. The monoisotopic (exact) mass is 405 g/mol. The fourth-order valence-corrected chi connectivity index (χ4v) is 4.10. The van der Waals surface area contributed by atoms with Gasteiger partial charge in [0.15, 0.2) is 0 Å². The van der Waals surface area contributed by atoms with Crippen LogP contribution in [0.25, 0.3) is 0 Å². The van der Waals surface area contributed by atoms with Crippen molar-refractivity contribution >= 4 is 18.0 Å². The SMILES string of the molecule is C=CCOC(=O)O[C@H](C)[C@H]1C(=O)N2C(C(=O)OCC=C)=C(CO)[C@](C)(CC=C)[C@@H]12. The minimum absolute atomic E-state index is 0.0105. The van der Waals surface area contributed by atoms with Crippen LogP contribution in [0.1, 0.15) is 20.3 Å². The van der Waals surface area contributed by atoms with Crippen molar-refractivity contribution < 1.29 is 33.7 Å². The molecule has 158 valence electrons. The Bertz CT molecular complexity index is 756. The molecule has 1 amide bonds. The summed E-state index contributed by atoms with van der Waals surface area (Å²) < 4.78 is 15.2. The van der Waals surface area contributed by atoms with E-state index in [9.17, 15) is 19.5 Å². The first-order valence-electron chi connectivity index (χ1n) is 9.29. The van der Waals surface area contributed by atoms with Gasteiger partial charge in [-0.05, 0) is 18.9 Å². The summed E-state index contributed by atoms with van der Waals surface area (Å²) in [5, 5.41) is 10.0. The third kappa shape index (κ3) is 3.85. The Kier molecular flexibility index (Phi) is 7.02. The first-order valence-corrected chi connectivity index (χ1v) is 9.29. The van der Waals surface area contributed by atoms with Crippen LogP contribution in [0.3, 0.4) is 0 Å². The molecule has 1 fully saturated rings. The van der Waals surface area contributed by atoms with E-state index in [0.29, 0.717) is 12.0 Å². The zero-order valence-electron chi connectivity index (χ0n) is 16.8. The van der Waals surface area contributed by atoms with E-state index in [1.54, 1.807) is 13.0 Å². The van der Waals surface area contributed by atoms with Gasteiger partial charge >= 0.3 is 12.1 Å². The second kappa shape index (κ2) is 9.09. The number of amides is 1. The molecule has 0 aromatic carbocycles. The molecule has 0 radical (unpaired) electrons. The van der Waals surface area contributed by atoms with E-state index in [1.165, 1.54) is 17.1 Å². The molecule has 1 saturated heterocycles. The normalized spacial score (nSPS) is 26.2. The van der Waals surface area contributed by atoms with Crippen LogP contribution in [0.5, 0.6) is 0 Å². The van der Waals surface area contributed by atoms with Crippen LogP contribution < -0.4 is 0 Å². The van der Waals surface area contributed by atoms with Gasteiger partial charge in [0.1, 0.15) is 25.0 Å². The van der Waals surface area contributed by atoms with E-state index < -0.39 is 42.2 Å². The number of carbonyl (C=O) groups excluding carboxylic acids is 3. The molecule has 2 aliphatic heterocycles. The van der Waals surface area contributed by atoms with Crippen LogP contribution in [0, 0.1) is 11.3 Å². The number of allylic oxidation sites excluding steroid dienone is 1. The van der Waals surface area contributed by atoms with Gasteiger partial charge in [-0.1, -0.05) is 38.3 Å². The van der Waals surface area contributed by atoms with Gasteiger partial charge in [0.25, 0.3) is 0 Å². The molecule has 0 unspecified atom stereocenters.